The van der Waals surface area contributed by atoms with Gasteiger partial charge in [0, 0.05) is 25.4 Å². The summed E-state index contributed by atoms with van der Waals surface area (Å²) in [6.45, 7) is 5.83. The van der Waals surface area contributed by atoms with Crippen LogP contribution in [-0.2, 0) is 4.79 Å². The number of rotatable bonds is 7. The van der Waals surface area contributed by atoms with Crippen molar-refractivity contribution in [1.29, 1.82) is 0 Å². The molecule has 13 heavy (non-hydrogen) atoms. The molecule has 0 rings (SSSR count). The van der Waals surface area contributed by atoms with Crippen LogP contribution in [0.3, 0.4) is 0 Å². The molecule has 0 fully saturated rings. The van der Waals surface area contributed by atoms with Gasteiger partial charge in [0.25, 0.3) is 0 Å². The van der Waals surface area contributed by atoms with E-state index in [0.717, 1.165) is 32.4 Å². The zero-order valence-corrected chi connectivity index (χ0v) is 9.44. The summed E-state index contributed by atoms with van der Waals surface area (Å²) < 4.78 is 0. The SMILES string of the molecule is CCCN(CC)C(=O)CCCCCl. The molecule has 2 nitrogen and oxygen atoms in total. The van der Waals surface area contributed by atoms with Gasteiger partial charge < -0.3 is 4.90 Å². The molecule has 0 aromatic rings. The van der Waals surface area contributed by atoms with Gasteiger partial charge in [-0.1, -0.05) is 6.92 Å². The summed E-state index contributed by atoms with van der Waals surface area (Å²) in [5, 5.41) is 0. The molecule has 3 heteroatoms. The van der Waals surface area contributed by atoms with Crippen LogP contribution < -0.4 is 0 Å². The zero-order chi connectivity index (χ0) is 10.1. The molecule has 0 N–H and O–H groups in total. The highest BCUT2D eigenvalue weighted by atomic mass is 35.5. The Morgan fingerprint density at radius 1 is 1.31 bits per heavy atom. The lowest BCUT2D eigenvalue weighted by molar-refractivity contribution is -0.131. The maximum absolute atomic E-state index is 11.5. The van der Waals surface area contributed by atoms with Gasteiger partial charge >= 0.3 is 0 Å². The molecule has 1 amide bonds. The van der Waals surface area contributed by atoms with Gasteiger partial charge in [0.15, 0.2) is 0 Å². The van der Waals surface area contributed by atoms with Crippen LogP contribution in [-0.4, -0.2) is 29.8 Å². The molecule has 0 aliphatic carbocycles. The first-order chi connectivity index (χ1) is 6.26. The fraction of sp³-hybridized carbons (Fsp3) is 0.900. The normalized spacial score (nSPS) is 10.1. The Bertz CT molecular complexity index is 139. The molecule has 0 heterocycles. The molecule has 0 aromatic heterocycles. The van der Waals surface area contributed by atoms with E-state index in [1.54, 1.807) is 0 Å². The third-order valence-corrected chi connectivity index (χ3v) is 2.27. The first kappa shape index (κ1) is 12.8. The predicted molar refractivity (Wildman–Crippen MR) is 57.1 cm³/mol. The van der Waals surface area contributed by atoms with Crippen molar-refractivity contribution in [2.45, 2.75) is 39.5 Å². The molecule has 78 valence electrons. The number of alkyl halides is 1. The van der Waals surface area contributed by atoms with Crippen LogP contribution in [0.25, 0.3) is 0 Å². The molecule has 0 bridgehead atoms. The number of carbonyl (C=O) groups is 1. The van der Waals surface area contributed by atoms with Crippen molar-refractivity contribution < 1.29 is 4.79 Å². The Balaban J connectivity index is 3.64. The first-order valence-electron chi connectivity index (χ1n) is 5.10. The van der Waals surface area contributed by atoms with Gasteiger partial charge in [-0.2, -0.15) is 0 Å². The van der Waals surface area contributed by atoms with Gasteiger partial charge in [0.05, 0.1) is 0 Å². The van der Waals surface area contributed by atoms with E-state index in [4.69, 9.17) is 11.6 Å². The third kappa shape index (κ3) is 5.92. The molecular weight excluding hydrogens is 186 g/mol. The Labute approximate surface area is 86.2 Å². The molecular formula is C10H20ClNO. The molecule has 0 aliphatic rings. The van der Waals surface area contributed by atoms with E-state index in [2.05, 4.69) is 6.92 Å². The van der Waals surface area contributed by atoms with Crippen LogP contribution in [0.15, 0.2) is 0 Å². The molecule has 0 saturated heterocycles. The Hall–Kier alpha value is -0.240. The number of carbonyl (C=O) groups excluding carboxylic acids is 1. The smallest absolute Gasteiger partial charge is 0.222 e. The number of hydrogen-bond acceptors (Lipinski definition) is 1. The molecule has 0 aliphatic heterocycles. The Morgan fingerprint density at radius 2 is 2.00 bits per heavy atom. The highest BCUT2D eigenvalue weighted by Crippen LogP contribution is 2.02. The summed E-state index contributed by atoms with van der Waals surface area (Å²) in [7, 11) is 0. The summed E-state index contributed by atoms with van der Waals surface area (Å²) in [4.78, 5) is 13.4. The van der Waals surface area contributed by atoms with Gasteiger partial charge in [0.1, 0.15) is 0 Å². The molecule has 0 saturated carbocycles. The summed E-state index contributed by atoms with van der Waals surface area (Å²) in [6.07, 6.45) is 3.55. The zero-order valence-electron chi connectivity index (χ0n) is 8.68. The van der Waals surface area contributed by atoms with Crippen LogP contribution in [0, 0.1) is 0 Å². The fourth-order valence-electron chi connectivity index (χ4n) is 1.26. The minimum absolute atomic E-state index is 0.273. The summed E-state index contributed by atoms with van der Waals surface area (Å²) in [5.74, 6) is 0.933. The van der Waals surface area contributed by atoms with Crippen molar-refractivity contribution in [2.24, 2.45) is 0 Å². The van der Waals surface area contributed by atoms with Crippen LogP contribution >= 0.6 is 11.6 Å². The second-order valence-corrected chi connectivity index (χ2v) is 3.50. The summed E-state index contributed by atoms with van der Waals surface area (Å²) in [5.41, 5.74) is 0. The first-order valence-corrected chi connectivity index (χ1v) is 5.63. The Morgan fingerprint density at radius 3 is 2.46 bits per heavy atom. The molecule has 0 unspecified atom stereocenters. The average Bonchev–Trinajstić information content (AvgIpc) is 2.14. The predicted octanol–water partition coefficient (Wildman–Crippen LogP) is 2.65. The largest absolute Gasteiger partial charge is 0.343 e. The molecule has 0 spiro atoms. The number of nitrogens with zero attached hydrogens (tertiary/aromatic N) is 1. The van der Waals surface area contributed by atoms with Gasteiger partial charge in [-0.25, -0.2) is 0 Å². The summed E-state index contributed by atoms with van der Waals surface area (Å²) >= 11 is 5.53. The van der Waals surface area contributed by atoms with Gasteiger partial charge in [-0.3, -0.25) is 4.79 Å². The van der Waals surface area contributed by atoms with Crippen LogP contribution in [0.5, 0.6) is 0 Å². The van der Waals surface area contributed by atoms with E-state index >= 15 is 0 Å². The van der Waals surface area contributed by atoms with Crippen molar-refractivity contribution in [3.8, 4) is 0 Å². The number of amides is 1. The molecule has 0 radical (unpaired) electrons. The quantitative estimate of drug-likeness (QED) is 0.462. The standard InChI is InChI=1S/C10H20ClNO/c1-3-9-12(4-2)10(13)7-5-6-8-11/h3-9H2,1-2H3. The summed E-state index contributed by atoms with van der Waals surface area (Å²) in [6, 6.07) is 0. The maximum Gasteiger partial charge on any atom is 0.222 e. The number of unbranched alkanes of at least 4 members (excludes halogenated alkanes) is 1. The monoisotopic (exact) mass is 205 g/mol. The fourth-order valence-corrected chi connectivity index (χ4v) is 1.45. The van der Waals surface area contributed by atoms with E-state index < -0.39 is 0 Å². The highest BCUT2D eigenvalue weighted by molar-refractivity contribution is 6.17. The van der Waals surface area contributed by atoms with Crippen molar-refractivity contribution in [3.63, 3.8) is 0 Å². The van der Waals surface area contributed by atoms with Crippen molar-refractivity contribution >= 4 is 17.5 Å². The average molecular weight is 206 g/mol. The van der Waals surface area contributed by atoms with Crippen LogP contribution in [0.4, 0.5) is 0 Å². The third-order valence-electron chi connectivity index (χ3n) is 2.00. The van der Waals surface area contributed by atoms with E-state index in [1.165, 1.54) is 0 Å². The second kappa shape index (κ2) is 8.36. The lowest BCUT2D eigenvalue weighted by Crippen LogP contribution is -2.31. The highest BCUT2D eigenvalue weighted by Gasteiger charge is 2.08. The minimum Gasteiger partial charge on any atom is -0.343 e. The van der Waals surface area contributed by atoms with Crippen molar-refractivity contribution in [2.75, 3.05) is 19.0 Å². The van der Waals surface area contributed by atoms with Gasteiger partial charge in [-0.15, -0.1) is 11.6 Å². The van der Waals surface area contributed by atoms with E-state index in [9.17, 15) is 4.79 Å². The number of hydrogen-bond donors (Lipinski definition) is 0. The Kier molecular flexibility index (Phi) is 8.21. The number of halogens is 1. The van der Waals surface area contributed by atoms with E-state index in [0.29, 0.717) is 12.3 Å². The van der Waals surface area contributed by atoms with Crippen molar-refractivity contribution in [3.05, 3.63) is 0 Å². The second-order valence-electron chi connectivity index (χ2n) is 3.12. The van der Waals surface area contributed by atoms with Gasteiger partial charge in [-0.05, 0) is 26.2 Å². The van der Waals surface area contributed by atoms with E-state index in [1.807, 2.05) is 11.8 Å². The van der Waals surface area contributed by atoms with E-state index in [-0.39, 0.29) is 5.91 Å². The molecule has 0 atom stereocenters. The maximum atomic E-state index is 11.5. The lowest BCUT2D eigenvalue weighted by Gasteiger charge is -2.19. The minimum atomic E-state index is 0.273. The topological polar surface area (TPSA) is 20.3 Å². The van der Waals surface area contributed by atoms with Gasteiger partial charge in [0.2, 0.25) is 5.91 Å². The van der Waals surface area contributed by atoms with Crippen LogP contribution in [0.1, 0.15) is 39.5 Å². The molecule has 0 aromatic carbocycles. The lowest BCUT2D eigenvalue weighted by atomic mass is 10.2. The van der Waals surface area contributed by atoms with Crippen molar-refractivity contribution in [1.82, 2.24) is 4.90 Å². The van der Waals surface area contributed by atoms with Crippen LogP contribution in [0.2, 0.25) is 0 Å².